The summed E-state index contributed by atoms with van der Waals surface area (Å²) in [6.07, 6.45) is 8.14. The van der Waals surface area contributed by atoms with Crippen molar-refractivity contribution in [2.45, 2.75) is 58.8 Å². The average Bonchev–Trinajstić information content (AvgIpc) is 2.57. The van der Waals surface area contributed by atoms with Gasteiger partial charge in [-0.15, -0.1) is 0 Å². The number of carbonyl (C=O) groups is 1. The number of carbonyl (C=O) groups excluding carboxylic acids is 1. The van der Waals surface area contributed by atoms with E-state index in [0.717, 1.165) is 37.9 Å². The molecule has 0 aliphatic heterocycles. The van der Waals surface area contributed by atoms with Gasteiger partial charge >= 0.3 is 0 Å². The third-order valence-corrected chi connectivity index (χ3v) is 4.88. The first kappa shape index (κ1) is 16.1. The van der Waals surface area contributed by atoms with E-state index in [0.29, 0.717) is 11.8 Å². The molecule has 0 spiro atoms. The summed E-state index contributed by atoms with van der Waals surface area (Å²) in [7, 11) is 0. The van der Waals surface area contributed by atoms with Gasteiger partial charge in [0.1, 0.15) is 0 Å². The maximum atomic E-state index is 13.0. The zero-order valence-corrected chi connectivity index (χ0v) is 13.6. The molecule has 116 valence electrons. The molecule has 1 saturated carbocycles. The largest absolute Gasteiger partial charge is 0.312 e. The molecule has 1 aromatic carbocycles. The van der Waals surface area contributed by atoms with Gasteiger partial charge in [-0.25, -0.2) is 0 Å². The topological polar surface area (TPSA) is 20.3 Å². The summed E-state index contributed by atoms with van der Waals surface area (Å²) in [5.41, 5.74) is 1.07. The van der Waals surface area contributed by atoms with Gasteiger partial charge in [-0.05, 0) is 30.9 Å². The molecule has 2 heteroatoms. The Hall–Kier alpha value is -1.31. The number of hydrogen-bond donors (Lipinski definition) is 0. The molecule has 0 radical (unpaired) electrons. The quantitative estimate of drug-likeness (QED) is 0.718. The van der Waals surface area contributed by atoms with E-state index in [1.54, 1.807) is 0 Å². The first-order valence-electron chi connectivity index (χ1n) is 8.62. The van der Waals surface area contributed by atoms with E-state index in [2.05, 4.69) is 30.9 Å². The molecule has 1 amide bonds. The van der Waals surface area contributed by atoms with Crippen LogP contribution in [0.1, 0.15) is 58.8 Å². The Labute approximate surface area is 129 Å². The summed E-state index contributed by atoms with van der Waals surface area (Å²) in [5.74, 6) is 1.19. The van der Waals surface area contributed by atoms with Crippen LogP contribution in [0.25, 0.3) is 0 Å². The van der Waals surface area contributed by atoms with Crippen LogP contribution in [0.4, 0.5) is 5.69 Å². The van der Waals surface area contributed by atoms with Crippen LogP contribution >= 0.6 is 0 Å². The van der Waals surface area contributed by atoms with Crippen molar-refractivity contribution in [3.63, 3.8) is 0 Å². The highest BCUT2D eigenvalue weighted by molar-refractivity contribution is 5.95. The predicted octanol–water partition coefficient (Wildman–Crippen LogP) is 5.04. The Bertz CT molecular complexity index is 418. The van der Waals surface area contributed by atoms with Crippen molar-refractivity contribution >= 4 is 11.6 Å². The van der Waals surface area contributed by atoms with Crippen LogP contribution in [0, 0.1) is 11.8 Å². The van der Waals surface area contributed by atoms with Crippen LogP contribution in [-0.2, 0) is 4.79 Å². The lowest BCUT2D eigenvalue weighted by Crippen LogP contribution is -2.40. The highest BCUT2D eigenvalue weighted by Gasteiger charge is 2.27. The summed E-state index contributed by atoms with van der Waals surface area (Å²) in [4.78, 5) is 15.1. The van der Waals surface area contributed by atoms with Gasteiger partial charge in [0.15, 0.2) is 0 Å². The standard InChI is InChI=1S/C19H29NO/c1-3-16(4-2)15-20(18-13-9-6-10-14-18)19(21)17-11-7-5-8-12-17/h6,9-10,13-14,16-17H,3-5,7-8,11-12,15H2,1-2H3. The second-order valence-corrected chi connectivity index (χ2v) is 6.30. The van der Waals surface area contributed by atoms with Crippen molar-refractivity contribution in [2.75, 3.05) is 11.4 Å². The second-order valence-electron chi connectivity index (χ2n) is 6.30. The average molecular weight is 287 g/mol. The van der Waals surface area contributed by atoms with E-state index in [-0.39, 0.29) is 5.92 Å². The number of nitrogens with zero attached hydrogens (tertiary/aromatic N) is 1. The van der Waals surface area contributed by atoms with Gasteiger partial charge in [0.25, 0.3) is 0 Å². The van der Waals surface area contributed by atoms with E-state index in [9.17, 15) is 4.79 Å². The minimum absolute atomic E-state index is 0.244. The van der Waals surface area contributed by atoms with Crippen LogP contribution in [0.15, 0.2) is 30.3 Å². The lowest BCUT2D eigenvalue weighted by Gasteiger charge is -2.31. The van der Waals surface area contributed by atoms with Crippen LogP contribution in [-0.4, -0.2) is 12.5 Å². The number of anilines is 1. The van der Waals surface area contributed by atoms with Gasteiger partial charge in [0.2, 0.25) is 5.91 Å². The molecule has 0 aromatic heterocycles. The third kappa shape index (κ3) is 4.33. The molecule has 2 rings (SSSR count). The third-order valence-electron chi connectivity index (χ3n) is 4.88. The maximum Gasteiger partial charge on any atom is 0.230 e. The van der Waals surface area contributed by atoms with Gasteiger partial charge < -0.3 is 4.90 Å². The fourth-order valence-electron chi connectivity index (χ4n) is 3.31. The van der Waals surface area contributed by atoms with Gasteiger partial charge in [0, 0.05) is 18.2 Å². The zero-order valence-electron chi connectivity index (χ0n) is 13.6. The molecule has 21 heavy (non-hydrogen) atoms. The first-order chi connectivity index (χ1) is 10.3. The highest BCUT2D eigenvalue weighted by atomic mass is 16.2. The van der Waals surface area contributed by atoms with E-state index in [1.807, 2.05) is 18.2 Å². The zero-order chi connectivity index (χ0) is 15.1. The van der Waals surface area contributed by atoms with Crippen LogP contribution in [0.2, 0.25) is 0 Å². The molecule has 0 unspecified atom stereocenters. The molecule has 0 saturated heterocycles. The number of benzene rings is 1. The molecule has 0 atom stereocenters. The predicted molar refractivity (Wildman–Crippen MR) is 89.4 cm³/mol. The van der Waals surface area contributed by atoms with E-state index < -0.39 is 0 Å². The fraction of sp³-hybridized carbons (Fsp3) is 0.632. The Morgan fingerprint density at radius 3 is 2.29 bits per heavy atom. The molecule has 0 heterocycles. The van der Waals surface area contributed by atoms with Gasteiger partial charge in [-0.2, -0.15) is 0 Å². The number of rotatable bonds is 6. The van der Waals surface area contributed by atoms with Crippen molar-refractivity contribution in [3.8, 4) is 0 Å². The van der Waals surface area contributed by atoms with E-state index in [1.165, 1.54) is 19.3 Å². The number of para-hydroxylation sites is 1. The van der Waals surface area contributed by atoms with Crippen LogP contribution in [0.5, 0.6) is 0 Å². The number of hydrogen-bond acceptors (Lipinski definition) is 1. The van der Waals surface area contributed by atoms with Crippen molar-refractivity contribution in [1.29, 1.82) is 0 Å². The minimum atomic E-state index is 0.244. The number of amides is 1. The molecule has 1 aromatic rings. The van der Waals surface area contributed by atoms with Crippen LogP contribution in [0.3, 0.4) is 0 Å². The summed E-state index contributed by atoms with van der Waals surface area (Å²) in [6, 6.07) is 10.2. The van der Waals surface area contributed by atoms with Crippen molar-refractivity contribution in [3.05, 3.63) is 30.3 Å². The first-order valence-corrected chi connectivity index (χ1v) is 8.62. The van der Waals surface area contributed by atoms with E-state index in [4.69, 9.17) is 0 Å². The Morgan fingerprint density at radius 1 is 1.10 bits per heavy atom. The molecular weight excluding hydrogens is 258 g/mol. The maximum absolute atomic E-state index is 13.0. The molecule has 2 nitrogen and oxygen atoms in total. The SMILES string of the molecule is CCC(CC)CN(C(=O)C1CCCCC1)c1ccccc1. The van der Waals surface area contributed by atoms with Crippen molar-refractivity contribution < 1.29 is 4.79 Å². The highest BCUT2D eigenvalue weighted by Crippen LogP contribution is 2.28. The summed E-state index contributed by atoms with van der Waals surface area (Å²) < 4.78 is 0. The Balaban J connectivity index is 2.16. The second kappa shape index (κ2) is 8.21. The molecule has 0 bridgehead atoms. The van der Waals surface area contributed by atoms with Gasteiger partial charge in [0.05, 0.1) is 0 Å². The summed E-state index contributed by atoms with van der Waals surface area (Å²) in [5, 5.41) is 0. The molecular formula is C19H29NO. The van der Waals surface area contributed by atoms with E-state index >= 15 is 0 Å². The van der Waals surface area contributed by atoms with Gasteiger partial charge in [-0.1, -0.05) is 64.2 Å². The smallest absolute Gasteiger partial charge is 0.230 e. The van der Waals surface area contributed by atoms with Gasteiger partial charge in [-0.3, -0.25) is 4.79 Å². The van der Waals surface area contributed by atoms with Crippen molar-refractivity contribution in [1.82, 2.24) is 0 Å². The lowest BCUT2D eigenvalue weighted by atomic mass is 9.87. The lowest BCUT2D eigenvalue weighted by molar-refractivity contribution is -0.123. The Kier molecular flexibility index (Phi) is 6.28. The molecule has 1 aliphatic carbocycles. The monoisotopic (exact) mass is 287 g/mol. The fourth-order valence-corrected chi connectivity index (χ4v) is 3.31. The van der Waals surface area contributed by atoms with Crippen LogP contribution < -0.4 is 4.90 Å². The molecule has 1 aliphatic rings. The van der Waals surface area contributed by atoms with Crippen molar-refractivity contribution in [2.24, 2.45) is 11.8 Å². The Morgan fingerprint density at radius 2 is 1.71 bits per heavy atom. The molecule has 1 fully saturated rings. The molecule has 0 N–H and O–H groups in total. The normalized spacial score (nSPS) is 16.1. The summed E-state index contributed by atoms with van der Waals surface area (Å²) >= 11 is 0. The summed E-state index contributed by atoms with van der Waals surface area (Å²) in [6.45, 7) is 5.32. The minimum Gasteiger partial charge on any atom is -0.312 e.